The van der Waals surface area contributed by atoms with E-state index in [2.05, 4.69) is 5.18 Å². The third-order valence-electron chi connectivity index (χ3n) is 1.89. The first-order chi connectivity index (χ1) is 6.43. The van der Waals surface area contributed by atoms with Crippen LogP contribution in [0.4, 0.5) is 0 Å². The highest BCUT2D eigenvalue weighted by Gasteiger charge is 2.46. The molecule has 0 fully saturated rings. The zero-order valence-corrected chi connectivity index (χ0v) is 7.32. The van der Waals surface area contributed by atoms with Crippen LogP contribution in [0.15, 0.2) is 5.18 Å². The van der Waals surface area contributed by atoms with E-state index >= 15 is 0 Å². The van der Waals surface area contributed by atoms with Crippen LogP contribution in [-0.2, 0) is 0 Å². The van der Waals surface area contributed by atoms with Gasteiger partial charge in [-0.2, -0.15) is 0 Å². The van der Waals surface area contributed by atoms with E-state index in [1.165, 1.54) is 0 Å². The molecule has 7 N–H and O–H groups in total. The Bertz CT molecular complexity index is 191. The van der Waals surface area contributed by atoms with Crippen LogP contribution in [0, 0.1) is 4.91 Å². The molecule has 0 aromatic carbocycles. The van der Waals surface area contributed by atoms with Crippen molar-refractivity contribution in [3.8, 4) is 0 Å². The van der Waals surface area contributed by atoms with Crippen LogP contribution in [-0.4, -0.2) is 62.7 Å². The van der Waals surface area contributed by atoms with Gasteiger partial charge < -0.3 is 25.5 Å². The Morgan fingerprint density at radius 1 is 1.21 bits per heavy atom. The van der Waals surface area contributed by atoms with Gasteiger partial charge in [0.05, 0.1) is 13.2 Å². The Labute approximate surface area is 79.6 Å². The predicted molar refractivity (Wildman–Crippen MR) is 44.9 cm³/mol. The molecule has 0 aliphatic heterocycles. The molecule has 0 radical (unpaired) electrons. The highest BCUT2D eigenvalue weighted by Crippen LogP contribution is 2.17. The molecule has 14 heavy (non-hydrogen) atoms. The van der Waals surface area contributed by atoms with Crippen molar-refractivity contribution in [2.24, 2.45) is 10.9 Å². The van der Waals surface area contributed by atoms with Crippen LogP contribution < -0.4 is 5.73 Å². The lowest BCUT2D eigenvalue weighted by atomic mass is 9.94. The van der Waals surface area contributed by atoms with Gasteiger partial charge in [-0.15, -0.1) is 4.91 Å². The van der Waals surface area contributed by atoms with Gasteiger partial charge in [0.25, 0.3) is 0 Å². The molecule has 8 nitrogen and oxygen atoms in total. The number of hydrogen-bond donors (Lipinski definition) is 6. The van der Waals surface area contributed by atoms with E-state index in [1.54, 1.807) is 0 Å². The summed E-state index contributed by atoms with van der Waals surface area (Å²) >= 11 is 0. The van der Waals surface area contributed by atoms with Crippen LogP contribution in [0.2, 0.25) is 0 Å². The molecule has 0 aromatic rings. The Kier molecular flexibility index (Phi) is 5.05. The smallest absolute Gasteiger partial charge is 0.207 e. The molecule has 0 spiro atoms. The van der Waals surface area contributed by atoms with E-state index in [-0.39, 0.29) is 0 Å². The zero-order valence-electron chi connectivity index (χ0n) is 7.32. The van der Waals surface area contributed by atoms with Crippen LogP contribution in [0.25, 0.3) is 0 Å². The van der Waals surface area contributed by atoms with Gasteiger partial charge in [-0.3, -0.25) is 5.73 Å². The molecule has 0 heterocycles. The second kappa shape index (κ2) is 5.29. The van der Waals surface area contributed by atoms with Gasteiger partial charge in [0.1, 0.15) is 18.3 Å². The van der Waals surface area contributed by atoms with E-state index in [9.17, 15) is 10.0 Å². The van der Waals surface area contributed by atoms with Crippen LogP contribution in [0.1, 0.15) is 0 Å². The van der Waals surface area contributed by atoms with Crippen molar-refractivity contribution in [1.82, 2.24) is 0 Å². The van der Waals surface area contributed by atoms with Crippen LogP contribution in [0.5, 0.6) is 0 Å². The predicted octanol–water partition coefficient (Wildman–Crippen LogP) is -3.52. The second-order valence-corrected chi connectivity index (χ2v) is 2.87. The Morgan fingerprint density at radius 3 is 2.00 bits per heavy atom. The molecule has 4 atom stereocenters. The summed E-state index contributed by atoms with van der Waals surface area (Å²) in [5, 5.41) is 46.5. The maximum atomic E-state index is 10.3. The number of aliphatic hydroxyl groups is 5. The first-order valence-corrected chi connectivity index (χ1v) is 3.83. The average Bonchev–Trinajstić information content (AvgIpc) is 2.24. The Morgan fingerprint density at radius 2 is 1.71 bits per heavy atom. The summed E-state index contributed by atoms with van der Waals surface area (Å²) in [6.45, 7) is -1.76. The first kappa shape index (κ1) is 13.4. The van der Waals surface area contributed by atoms with Crippen molar-refractivity contribution in [3.05, 3.63) is 4.91 Å². The van der Waals surface area contributed by atoms with Gasteiger partial charge in [0.2, 0.25) is 5.66 Å². The maximum Gasteiger partial charge on any atom is 0.207 e. The summed E-state index contributed by atoms with van der Waals surface area (Å²) in [6, 6.07) is 0. The molecule has 4 unspecified atom stereocenters. The minimum Gasteiger partial charge on any atom is -0.394 e. The average molecular weight is 210 g/mol. The van der Waals surface area contributed by atoms with Crippen molar-refractivity contribution in [2.75, 3.05) is 13.2 Å². The summed E-state index contributed by atoms with van der Waals surface area (Å²) < 4.78 is 0. The zero-order chi connectivity index (χ0) is 11.4. The van der Waals surface area contributed by atoms with Gasteiger partial charge in [-0.25, -0.2) is 0 Å². The molecule has 0 bridgehead atoms. The lowest BCUT2D eigenvalue weighted by Gasteiger charge is -2.32. The van der Waals surface area contributed by atoms with Gasteiger partial charge >= 0.3 is 0 Å². The van der Waals surface area contributed by atoms with Crippen molar-refractivity contribution in [1.29, 1.82) is 0 Å². The summed E-state index contributed by atoms with van der Waals surface area (Å²) in [5.74, 6) is 0. The first-order valence-electron chi connectivity index (χ1n) is 3.83. The van der Waals surface area contributed by atoms with E-state index in [1.807, 2.05) is 0 Å². The number of hydrogen-bond acceptors (Lipinski definition) is 8. The minimum atomic E-state index is -2.45. The molecule has 8 heteroatoms. The molecule has 84 valence electrons. The van der Waals surface area contributed by atoms with Gasteiger partial charge in [0.15, 0.2) is 0 Å². The lowest BCUT2D eigenvalue weighted by Crippen LogP contribution is -2.63. The van der Waals surface area contributed by atoms with E-state index in [0.717, 1.165) is 0 Å². The minimum absolute atomic E-state index is 0.853. The van der Waals surface area contributed by atoms with Gasteiger partial charge in [-0.1, -0.05) is 0 Å². The quantitative estimate of drug-likeness (QED) is 0.248. The number of aliphatic hydroxyl groups excluding tert-OH is 5. The fraction of sp³-hybridized carbons (Fsp3) is 1.00. The number of nitrogens with two attached hydrogens (primary N) is 1. The molecular weight excluding hydrogens is 196 g/mol. The number of rotatable bonds is 6. The monoisotopic (exact) mass is 210 g/mol. The molecular formula is C6H14N2O6. The second-order valence-electron chi connectivity index (χ2n) is 2.87. The van der Waals surface area contributed by atoms with E-state index in [4.69, 9.17) is 26.2 Å². The molecule has 0 aromatic heterocycles. The molecule has 0 saturated carbocycles. The molecule has 0 aliphatic rings. The standard InChI is InChI=1S/C6H14N2O6/c7-6(8-14,4(12)2-10)5(13)3(11)1-9/h3-5,9-13H,1-2,7H2. The topological polar surface area (TPSA) is 157 Å². The summed E-state index contributed by atoms with van der Waals surface area (Å²) in [5.41, 5.74) is 2.71. The fourth-order valence-electron chi connectivity index (χ4n) is 0.866. The Hall–Kier alpha value is -0.640. The molecule has 0 saturated heterocycles. The van der Waals surface area contributed by atoms with Crippen molar-refractivity contribution in [2.45, 2.75) is 24.0 Å². The third-order valence-corrected chi connectivity index (χ3v) is 1.89. The summed E-state index contributed by atoms with van der Waals surface area (Å²) in [6.07, 6.45) is -5.51. The molecule has 0 rings (SSSR count). The molecule has 0 amide bonds. The third kappa shape index (κ3) is 2.44. The maximum absolute atomic E-state index is 10.3. The van der Waals surface area contributed by atoms with Gasteiger partial charge in [-0.05, 0) is 5.18 Å². The van der Waals surface area contributed by atoms with Crippen molar-refractivity contribution >= 4 is 0 Å². The fourth-order valence-corrected chi connectivity index (χ4v) is 0.866. The largest absolute Gasteiger partial charge is 0.394 e. The van der Waals surface area contributed by atoms with Crippen molar-refractivity contribution < 1.29 is 25.5 Å². The number of nitroso groups, excluding NO2 is 1. The Balaban J connectivity index is 4.75. The molecule has 0 aliphatic carbocycles. The summed E-state index contributed by atoms with van der Waals surface area (Å²) in [7, 11) is 0. The van der Waals surface area contributed by atoms with E-state index < -0.39 is 37.2 Å². The van der Waals surface area contributed by atoms with Crippen LogP contribution >= 0.6 is 0 Å². The summed E-state index contributed by atoms with van der Waals surface area (Å²) in [4.78, 5) is 10.3. The van der Waals surface area contributed by atoms with Crippen LogP contribution in [0.3, 0.4) is 0 Å². The number of nitrogens with zero attached hydrogens (tertiary/aromatic N) is 1. The lowest BCUT2D eigenvalue weighted by molar-refractivity contribution is -0.0948. The SMILES string of the molecule is NC(N=O)(C(O)CO)C(O)C(O)CO. The van der Waals surface area contributed by atoms with Crippen molar-refractivity contribution in [3.63, 3.8) is 0 Å². The normalized spacial score (nSPS) is 22.1. The highest BCUT2D eigenvalue weighted by molar-refractivity contribution is 4.98. The highest BCUT2D eigenvalue weighted by atomic mass is 16.4. The van der Waals surface area contributed by atoms with E-state index in [0.29, 0.717) is 0 Å². The van der Waals surface area contributed by atoms with Gasteiger partial charge in [0, 0.05) is 0 Å².